The molecule has 5 nitrogen and oxygen atoms in total. The van der Waals surface area contributed by atoms with E-state index in [0.717, 1.165) is 43.1 Å². The second kappa shape index (κ2) is 8.56. The molecular weight excluding hydrogens is 314 g/mol. The molecule has 2 bridgehead atoms. The smallest absolute Gasteiger partial charge is 0.191 e. The lowest BCUT2D eigenvalue weighted by Crippen LogP contribution is -2.47. The van der Waals surface area contributed by atoms with E-state index in [0.29, 0.717) is 30.7 Å². The Morgan fingerprint density at radius 2 is 2.16 bits per heavy atom. The summed E-state index contributed by atoms with van der Waals surface area (Å²) in [6.07, 6.45) is 5.29. The van der Waals surface area contributed by atoms with Gasteiger partial charge in [0.2, 0.25) is 0 Å². The highest BCUT2D eigenvalue weighted by atomic mass is 16.5. The van der Waals surface area contributed by atoms with Crippen molar-refractivity contribution in [3.05, 3.63) is 29.8 Å². The third-order valence-electron chi connectivity index (χ3n) is 5.02. The van der Waals surface area contributed by atoms with Crippen molar-refractivity contribution in [3.63, 3.8) is 0 Å². The van der Waals surface area contributed by atoms with Crippen molar-refractivity contribution >= 4 is 5.96 Å². The third-order valence-corrected chi connectivity index (χ3v) is 5.02. The summed E-state index contributed by atoms with van der Waals surface area (Å²) in [5, 5.41) is 6.93. The van der Waals surface area contributed by atoms with Crippen molar-refractivity contribution < 1.29 is 9.47 Å². The Labute approximate surface area is 151 Å². The topological polar surface area (TPSA) is 54.9 Å². The van der Waals surface area contributed by atoms with Crippen molar-refractivity contribution in [1.29, 1.82) is 0 Å². The minimum Gasteiger partial charge on any atom is -0.493 e. The average molecular weight is 345 g/mol. The van der Waals surface area contributed by atoms with E-state index in [-0.39, 0.29) is 0 Å². The summed E-state index contributed by atoms with van der Waals surface area (Å²) < 4.78 is 11.9. The number of para-hydroxylation sites is 1. The van der Waals surface area contributed by atoms with E-state index >= 15 is 0 Å². The van der Waals surface area contributed by atoms with Crippen LogP contribution in [0.15, 0.2) is 29.3 Å². The van der Waals surface area contributed by atoms with Crippen molar-refractivity contribution in [2.24, 2.45) is 10.9 Å². The van der Waals surface area contributed by atoms with Crippen molar-refractivity contribution in [3.8, 4) is 5.75 Å². The molecule has 2 heterocycles. The van der Waals surface area contributed by atoms with Gasteiger partial charge in [-0.3, -0.25) is 4.99 Å². The van der Waals surface area contributed by atoms with Gasteiger partial charge in [0.25, 0.3) is 0 Å². The second-order valence-electron chi connectivity index (χ2n) is 7.42. The van der Waals surface area contributed by atoms with Gasteiger partial charge in [-0.05, 0) is 37.7 Å². The molecule has 0 radical (unpaired) electrons. The number of hydrogen-bond acceptors (Lipinski definition) is 3. The zero-order valence-electron chi connectivity index (χ0n) is 15.6. The van der Waals surface area contributed by atoms with E-state index in [9.17, 15) is 0 Å². The van der Waals surface area contributed by atoms with Gasteiger partial charge >= 0.3 is 0 Å². The van der Waals surface area contributed by atoms with Crippen molar-refractivity contribution in [2.45, 2.75) is 64.3 Å². The van der Waals surface area contributed by atoms with Gasteiger partial charge in [-0.15, -0.1) is 0 Å². The molecule has 2 saturated heterocycles. The monoisotopic (exact) mass is 345 g/mol. The Kier molecular flexibility index (Phi) is 6.19. The SMILES string of the molecule is CN=C(NCc1ccccc1OCCC(C)C)NC1CC2CCC1O2. The van der Waals surface area contributed by atoms with E-state index in [1.54, 1.807) is 0 Å². The molecule has 3 unspecified atom stereocenters. The number of guanidine groups is 1. The molecule has 2 aliphatic rings. The van der Waals surface area contributed by atoms with E-state index in [2.05, 4.69) is 35.5 Å². The fraction of sp³-hybridized carbons (Fsp3) is 0.650. The van der Waals surface area contributed by atoms with E-state index in [1.165, 1.54) is 6.42 Å². The molecule has 3 atom stereocenters. The van der Waals surface area contributed by atoms with Gasteiger partial charge in [0.1, 0.15) is 5.75 Å². The quantitative estimate of drug-likeness (QED) is 0.589. The van der Waals surface area contributed by atoms with Crippen LogP contribution in [0.5, 0.6) is 5.75 Å². The van der Waals surface area contributed by atoms with Gasteiger partial charge in [0.05, 0.1) is 24.9 Å². The van der Waals surface area contributed by atoms with Crippen LogP contribution in [0.3, 0.4) is 0 Å². The Morgan fingerprint density at radius 1 is 1.32 bits per heavy atom. The number of aliphatic imine (C=N–C) groups is 1. The first-order chi connectivity index (χ1) is 12.2. The minimum absolute atomic E-state index is 0.343. The standard InChI is InChI=1S/C20H31N3O2/c1-14(2)10-11-24-18-7-5-4-6-15(18)13-22-20(21-3)23-17-12-16-8-9-19(17)25-16/h4-7,14,16-17,19H,8-13H2,1-3H3,(H2,21,22,23). The molecule has 0 spiro atoms. The molecule has 25 heavy (non-hydrogen) atoms. The summed E-state index contributed by atoms with van der Waals surface area (Å²) in [6.45, 7) is 5.88. The summed E-state index contributed by atoms with van der Waals surface area (Å²) >= 11 is 0. The van der Waals surface area contributed by atoms with Gasteiger partial charge in [0, 0.05) is 19.2 Å². The summed E-state index contributed by atoms with van der Waals surface area (Å²) in [7, 11) is 1.81. The van der Waals surface area contributed by atoms with Crippen LogP contribution in [0.25, 0.3) is 0 Å². The summed E-state index contributed by atoms with van der Waals surface area (Å²) in [5.41, 5.74) is 1.15. The second-order valence-corrected chi connectivity index (χ2v) is 7.42. The third kappa shape index (κ3) is 4.88. The molecular formula is C20H31N3O2. The maximum absolute atomic E-state index is 5.97. The molecule has 5 heteroatoms. The first-order valence-electron chi connectivity index (χ1n) is 9.49. The van der Waals surface area contributed by atoms with Gasteiger partial charge in [0.15, 0.2) is 5.96 Å². The Bertz CT molecular complexity index is 588. The van der Waals surface area contributed by atoms with E-state index in [1.807, 2.05) is 25.2 Å². The highest BCUT2D eigenvalue weighted by molar-refractivity contribution is 5.80. The Morgan fingerprint density at radius 3 is 2.84 bits per heavy atom. The zero-order valence-corrected chi connectivity index (χ0v) is 15.6. The fourth-order valence-corrected chi connectivity index (χ4v) is 3.53. The van der Waals surface area contributed by atoms with Crippen LogP contribution in [0.4, 0.5) is 0 Å². The Hall–Kier alpha value is -1.75. The lowest BCUT2D eigenvalue weighted by atomic mass is 9.96. The number of ether oxygens (including phenoxy) is 2. The molecule has 2 N–H and O–H groups in total. The molecule has 3 rings (SSSR count). The predicted molar refractivity (Wildman–Crippen MR) is 101 cm³/mol. The molecule has 0 amide bonds. The number of benzene rings is 1. The summed E-state index contributed by atoms with van der Waals surface area (Å²) in [6, 6.07) is 8.59. The Balaban J connectivity index is 1.51. The van der Waals surface area contributed by atoms with Crippen LogP contribution in [0, 0.1) is 5.92 Å². The number of nitrogens with zero attached hydrogens (tertiary/aromatic N) is 1. The first-order valence-corrected chi connectivity index (χ1v) is 9.49. The largest absolute Gasteiger partial charge is 0.493 e. The van der Waals surface area contributed by atoms with Crippen molar-refractivity contribution in [2.75, 3.05) is 13.7 Å². The molecule has 1 aromatic carbocycles. The van der Waals surface area contributed by atoms with E-state index in [4.69, 9.17) is 9.47 Å². The van der Waals surface area contributed by atoms with Crippen LogP contribution in [0.1, 0.15) is 45.1 Å². The van der Waals surface area contributed by atoms with Gasteiger partial charge < -0.3 is 20.1 Å². The predicted octanol–water partition coefficient (Wildman–Crippen LogP) is 3.10. The number of rotatable bonds is 7. The first kappa shape index (κ1) is 18.1. The van der Waals surface area contributed by atoms with Crippen LogP contribution in [-0.2, 0) is 11.3 Å². The van der Waals surface area contributed by atoms with E-state index < -0.39 is 0 Å². The number of hydrogen-bond donors (Lipinski definition) is 2. The average Bonchev–Trinajstić information content (AvgIpc) is 3.22. The highest BCUT2D eigenvalue weighted by Gasteiger charge is 2.41. The maximum Gasteiger partial charge on any atom is 0.191 e. The molecule has 138 valence electrons. The molecule has 0 aromatic heterocycles. The van der Waals surface area contributed by atoms with Crippen LogP contribution in [0.2, 0.25) is 0 Å². The maximum atomic E-state index is 5.97. The molecule has 0 saturated carbocycles. The lowest BCUT2D eigenvalue weighted by molar-refractivity contribution is 0.0992. The molecule has 2 fully saturated rings. The van der Waals surface area contributed by atoms with Gasteiger partial charge in [-0.1, -0.05) is 32.0 Å². The normalized spacial score (nSPS) is 25.4. The minimum atomic E-state index is 0.343. The number of nitrogens with one attached hydrogen (secondary N) is 2. The lowest BCUT2D eigenvalue weighted by Gasteiger charge is -2.23. The molecule has 0 aliphatic carbocycles. The van der Waals surface area contributed by atoms with Crippen LogP contribution in [-0.4, -0.2) is 37.9 Å². The van der Waals surface area contributed by atoms with Crippen LogP contribution >= 0.6 is 0 Å². The van der Waals surface area contributed by atoms with Crippen molar-refractivity contribution in [1.82, 2.24) is 10.6 Å². The van der Waals surface area contributed by atoms with Gasteiger partial charge in [-0.25, -0.2) is 0 Å². The summed E-state index contributed by atoms with van der Waals surface area (Å²) in [5.74, 6) is 2.43. The fourth-order valence-electron chi connectivity index (χ4n) is 3.53. The number of fused-ring (bicyclic) bond motifs is 2. The molecule has 1 aromatic rings. The molecule has 2 aliphatic heterocycles. The zero-order chi connectivity index (χ0) is 17.6. The van der Waals surface area contributed by atoms with Gasteiger partial charge in [-0.2, -0.15) is 0 Å². The highest BCUT2D eigenvalue weighted by Crippen LogP contribution is 2.34. The summed E-state index contributed by atoms with van der Waals surface area (Å²) in [4.78, 5) is 4.36. The van der Waals surface area contributed by atoms with Crippen LogP contribution < -0.4 is 15.4 Å².